The molecular weight excluding hydrogens is 414 g/mol. The van der Waals surface area contributed by atoms with E-state index in [1.165, 1.54) is 11.8 Å². The summed E-state index contributed by atoms with van der Waals surface area (Å²) in [5.41, 5.74) is 1.09. The standard InChI is InChI=1S/C23H29N3O6/c1-15(27)25(2)19-13-18(26-11-9-23(32,10-12-26)14-21(29)30)7-5-16(19)3-4-17-6-8-20(28)24-22(17)31/h3-5,7,13,17,32H,6,8-12,14H2,1-2H3,(H,29,30)(H,24,28,31)/b4-3-. The highest BCUT2D eigenvalue weighted by Crippen LogP contribution is 2.33. The van der Waals surface area contributed by atoms with Gasteiger partial charge >= 0.3 is 5.97 Å². The molecule has 2 aliphatic heterocycles. The minimum atomic E-state index is -1.20. The van der Waals surface area contributed by atoms with Crippen molar-refractivity contribution in [2.75, 3.05) is 29.9 Å². The van der Waals surface area contributed by atoms with E-state index in [9.17, 15) is 24.3 Å². The fraction of sp³-hybridized carbons (Fsp3) is 0.478. The number of nitrogens with zero attached hydrogens (tertiary/aromatic N) is 2. The lowest BCUT2D eigenvalue weighted by Crippen LogP contribution is -2.45. The third-order valence-electron chi connectivity index (χ3n) is 6.18. The van der Waals surface area contributed by atoms with Crippen molar-refractivity contribution in [1.82, 2.24) is 5.32 Å². The Morgan fingerprint density at radius 2 is 1.97 bits per heavy atom. The van der Waals surface area contributed by atoms with Gasteiger partial charge in [0.05, 0.1) is 23.6 Å². The average molecular weight is 444 g/mol. The molecule has 1 atom stereocenters. The van der Waals surface area contributed by atoms with Gasteiger partial charge in [0.15, 0.2) is 0 Å². The van der Waals surface area contributed by atoms with Crippen LogP contribution in [0.4, 0.5) is 11.4 Å². The Kier molecular flexibility index (Phi) is 6.98. The Hall–Kier alpha value is -3.20. The number of hydrogen-bond acceptors (Lipinski definition) is 6. The Morgan fingerprint density at radius 1 is 1.28 bits per heavy atom. The summed E-state index contributed by atoms with van der Waals surface area (Å²) in [4.78, 5) is 50.0. The Labute approximate surface area is 186 Å². The van der Waals surface area contributed by atoms with E-state index in [0.717, 1.165) is 11.3 Å². The highest BCUT2D eigenvalue weighted by atomic mass is 16.4. The number of aliphatic carboxylic acids is 1. The maximum atomic E-state index is 12.1. The molecule has 2 fully saturated rings. The molecule has 1 aromatic rings. The lowest BCUT2D eigenvalue weighted by Gasteiger charge is -2.39. The molecule has 0 aliphatic carbocycles. The molecule has 0 aromatic heterocycles. The number of carboxylic acids is 1. The number of piperidine rings is 2. The zero-order valence-corrected chi connectivity index (χ0v) is 18.3. The largest absolute Gasteiger partial charge is 0.481 e. The van der Waals surface area contributed by atoms with Crippen LogP contribution in [0.15, 0.2) is 24.3 Å². The van der Waals surface area contributed by atoms with Crippen molar-refractivity contribution >= 4 is 41.1 Å². The van der Waals surface area contributed by atoms with Gasteiger partial charge in [0.1, 0.15) is 0 Å². The summed E-state index contributed by atoms with van der Waals surface area (Å²) in [6.07, 6.45) is 4.70. The Balaban J connectivity index is 1.81. The molecule has 3 amide bonds. The number of carbonyl (C=O) groups is 4. The van der Waals surface area contributed by atoms with Crippen molar-refractivity contribution in [1.29, 1.82) is 0 Å². The van der Waals surface area contributed by atoms with E-state index < -0.39 is 17.5 Å². The van der Waals surface area contributed by atoms with Crippen LogP contribution in [0.3, 0.4) is 0 Å². The molecule has 0 radical (unpaired) electrons. The molecule has 2 heterocycles. The minimum absolute atomic E-state index is 0.146. The molecular formula is C23H29N3O6. The lowest BCUT2D eigenvalue weighted by atomic mass is 9.88. The number of carbonyl (C=O) groups excluding carboxylic acids is 3. The smallest absolute Gasteiger partial charge is 0.306 e. The number of rotatable bonds is 6. The summed E-state index contributed by atoms with van der Waals surface area (Å²) in [6.45, 7) is 2.46. The number of anilines is 2. The lowest BCUT2D eigenvalue weighted by molar-refractivity contribution is -0.143. The number of carboxylic acid groups (broad SMARTS) is 1. The molecule has 2 aliphatic rings. The maximum absolute atomic E-state index is 12.1. The van der Waals surface area contributed by atoms with E-state index in [1.54, 1.807) is 19.2 Å². The van der Waals surface area contributed by atoms with Gasteiger partial charge in [0.2, 0.25) is 17.7 Å². The Morgan fingerprint density at radius 3 is 2.56 bits per heavy atom. The van der Waals surface area contributed by atoms with Crippen LogP contribution >= 0.6 is 0 Å². The summed E-state index contributed by atoms with van der Waals surface area (Å²) < 4.78 is 0. The highest BCUT2D eigenvalue weighted by molar-refractivity contribution is 6.00. The van der Waals surface area contributed by atoms with Crippen LogP contribution in [0.25, 0.3) is 6.08 Å². The summed E-state index contributed by atoms with van der Waals surface area (Å²) in [7, 11) is 1.67. The van der Waals surface area contributed by atoms with Crippen molar-refractivity contribution < 1.29 is 29.4 Å². The molecule has 1 unspecified atom stereocenters. The van der Waals surface area contributed by atoms with Crippen LogP contribution in [0.1, 0.15) is 44.6 Å². The number of imide groups is 1. The molecule has 0 bridgehead atoms. The zero-order chi connectivity index (χ0) is 23.5. The quantitative estimate of drug-likeness (QED) is 0.569. The molecule has 9 heteroatoms. The third-order valence-corrected chi connectivity index (χ3v) is 6.18. The Bertz CT molecular complexity index is 949. The van der Waals surface area contributed by atoms with Gasteiger partial charge < -0.3 is 20.0 Å². The summed E-state index contributed by atoms with van der Waals surface area (Å²) in [6, 6.07) is 5.65. The van der Waals surface area contributed by atoms with E-state index >= 15 is 0 Å². The molecule has 2 saturated heterocycles. The number of aliphatic hydroxyl groups is 1. The van der Waals surface area contributed by atoms with E-state index in [4.69, 9.17) is 5.11 Å². The van der Waals surface area contributed by atoms with Crippen LogP contribution in [0, 0.1) is 5.92 Å². The molecule has 0 saturated carbocycles. The summed E-state index contributed by atoms with van der Waals surface area (Å²) >= 11 is 0. The second kappa shape index (κ2) is 9.52. The molecule has 9 nitrogen and oxygen atoms in total. The van der Waals surface area contributed by atoms with Crippen LogP contribution < -0.4 is 15.1 Å². The van der Waals surface area contributed by atoms with Crippen molar-refractivity contribution in [3.05, 3.63) is 29.8 Å². The minimum Gasteiger partial charge on any atom is -0.481 e. The van der Waals surface area contributed by atoms with Crippen LogP contribution in [0.2, 0.25) is 0 Å². The van der Waals surface area contributed by atoms with Gasteiger partial charge in [-0.1, -0.05) is 18.2 Å². The number of hydrogen-bond donors (Lipinski definition) is 3. The molecule has 172 valence electrons. The van der Waals surface area contributed by atoms with Gasteiger partial charge in [-0.25, -0.2) is 0 Å². The van der Waals surface area contributed by atoms with Gasteiger partial charge in [0.25, 0.3) is 0 Å². The molecule has 3 N–H and O–H groups in total. The zero-order valence-electron chi connectivity index (χ0n) is 18.3. The van der Waals surface area contributed by atoms with E-state index in [2.05, 4.69) is 10.2 Å². The second-order valence-corrected chi connectivity index (χ2v) is 8.52. The van der Waals surface area contributed by atoms with Crippen molar-refractivity contribution in [3.63, 3.8) is 0 Å². The topological polar surface area (TPSA) is 127 Å². The van der Waals surface area contributed by atoms with Gasteiger partial charge in [0, 0.05) is 39.2 Å². The van der Waals surface area contributed by atoms with Crippen LogP contribution in [-0.2, 0) is 19.2 Å². The number of nitrogens with one attached hydrogen (secondary N) is 1. The first kappa shape index (κ1) is 23.5. The predicted octanol–water partition coefficient (Wildman–Crippen LogP) is 1.54. The summed E-state index contributed by atoms with van der Waals surface area (Å²) in [5.74, 6) is -2.15. The average Bonchev–Trinajstić information content (AvgIpc) is 2.72. The molecule has 32 heavy (non-hydrogen) atoms. The molecule has 0 spiro atoms. The highest BCUT2D eigenvalue weighted by Gasteiger charge is 2.34. The fourth-order valence-electron chi connectivity index (χ4n) is 4.08. The first-order valence-corrected chi connectivity index (χ1v) is 10.7. The third kappa shape index (κ3) is 5.53. The molecule has 3 rings (SSSR count). The first-order valence-electron chi connectivity index (χ1n) is 10.7. The van der Waals surface area contributed by atoms with Crippen LogP contribution in [-0.4, -0.2) is 59.6 Å². The number of amides is 3. The summed E-state index contributed by atoms with van der Waals surface area (Å²) in [5, 5.41) is 21.8. The number of benzene rings is 1. The van der Waals surface area contributed by atoms with Crippen LogP contribution in [0.5, 0.6) is 0 Å². The second-order valence-electron chi connectivity index (χ2n) is 8.52. The SMILES string of the molecule is CC(=O)N(C)c1cc(N2CCC(O)(CC(=O)O)CC2)ccc1/C=C\C1CCC(=O)NC1=O. The molecule has 1 aromatic carbocycles. The fourth-order valence-corrected chi connectivity index (χ4v) is 4.08. The van der Waals surface area contributed by atoms with Gasteiger partial charge in [-0.05, 0) is 37.0 Å². The van der Waals surface area contributed by atoms with Crippen molar-refractivity contribution in [2.24, 2.45) is 5.92 Å². The predicted molar refractivity (Wildman–Crippen MR) is 119 cm³/mol. The maximum Gasteiger partial charge on any atom is 0.306 e. The monoisotopic (exact) mass is 443 g/mol. The van der Waals surface area contributed by atoms with Crippen molar-refractivity contribution in [3.8, 4) is 0 Å². The van der Waals surface area contributed by atoms with E-state index in [-0.39, 0.29) is 24.1 Å². The first-order chi connectivity index (χ1) is 15.1. The normalized spacial score (nSPS) is 20.8. The van der Waals surface area contributed by atoms with E-state index in [0.29, 0.717) is 44.5 Å². The van der Waals surface area contributed by atoms with Gasteiger partial charge in [-0.15, -0.1) is 0 Å². The van der Waals surface area contributed by atoms with Gasteiger partial charge in [-0.2, -0.15) is 0 Å². The van der Waals surface area contributed by atoms with Gasteiger partial charge in [-0.3, -0.25) is 24.5 Å². The van der Waals surface area contributed by atoms with E-state index in [1.807, 2.05) is 18.2 Å². The van der Waals surface area contributed by atoms with Crippen molar-refractivity contribution in [2.45, 2.75) is 44.6 Å².